The Hall–Kier alpha value is -3.57. The average molecular weight is 713 g/mol. The maximum atomic E-state index is 12.9. The molecular weight excluding hydrogens is 663 g/mol. The van der Waals surface area contributed by atoms with Crippen LogP contribution >= 0.6 is 18.7 Å². The molecule has 0 radical (unpaired) electrons. The number of amides is 1. The molecule has 2 aliphatic rings. The van der Waals surface area contributed by atoms with E-state index >= 15 is 0 Å². The molecule has 5 rings (SSSR count). The van der Waals surface area contributed by atoms with Crippen molar-refractivity contribution in [3.05, 3.63) is 53.7 Å². The second-order valence-electron chi connectivity index (χ2n) is 13.9. The van der Waals surface area contributed by atoms with Gasteiger partial charge in [0.1, 0.15) is 23.5 Å². The zero-order valence-corrected chi connectivity index (χ0v) is 31.1. The molecule has 2 fully saturated rings. The van der Waals surface area contributed by atoms with Gasteiger partial charge in [-0.15, -0.1) is 0 Å². The average Bonchev–Trinajstić information content (AvgIpc) is 3.06. The fraction of sp³-hybridized carbons (Fsp3) is 0.514. The number of ether oxygens (including phenoxy) is 2. The smallest absolute Gasteiger partial charge is 0.407 e. The number of hydrogen-bond donors (Lipinski definition) is 3. The van der Waals surface area contributed by atoms with Gasteiger partial charge >= 0.3 is 6.09 Å². The van der Waals surface area contributed by atoms with E-state index in [9.17, 15) is 9.36 Å². The summed E-state index contributed by atoms with van der Waals surface area (Å²) in [5.41, 5.74) is 2.06. The van der Waals surface area contributed by atoms with Gasteiger partial charge in [-0.25, -0.2) is 9.78 Å². The first-order valence-corrected chi connectivity index (χ1v) is 19.8. The number of alkyl carbamates (subject to hydrolysis) is 1. The van der Waals surface area contributed by atoms with Crippen LogP contribution in [0.25, 0.3) is 0 Å². The molecule has 0 aliphatic carbocycles. The first-order chi connectivity index (χ1) is 23.3. The SMILES string of the molecule is COc1cc(N2CCC(N3CCN(CCNC(=O)OC(C)(C)C)CC3)CC2)ccc1Nc1ncc(Cl)c(Nc2ccccc2P(C)(C)=O)n1. The van der Waals surface area contributed by atoms with E-state index in [1.54, 1.807) is 20.4 Å². The van der Waals surface area contributed by atoms with Gasteiger partial charge in [-0.3, -0.25) is 9.80 Å². The number of piperidine rings is 1. The highest BCUT2D eigenvalue weighted by molar-refractivity contribution is 7.70. The van der Waals surface area contributed by atoms with Gasteiger partial charge in [0.2, 0.25) is 5.95 Å². The van der Waals surface area contributed by atoms with Gasteiger partial charge in [0, 0.05) is 75.5 Å². The summed E-state index contributed by atoms with van der Waals surface area (Å²) in [4.78, 5) is 28.4. The van der Waals surface area contributed by atoms with Crippen molar-refractivity contribution in [1.29, 1.82) is 0 Å². The number of rotatable bonds is 11. The molecule has 3 aromatic rings. The number of piperazine rings is 1. The Balaban J connectivity index is 1.13. The van der Waals surface area contributed by atoms with Crippen LogP contribution in [0.1, 0.15) is 33.6 Å². The van der Waals surface area contributed by atoms with Crippen molar-refractivity contribution in [3.63, 3.8) is 0 Å². The van der Waals surface area contributed by atoms with Crippen LogP contribution in [-0.4, -0.2) is 110 Å². The number of aromatic nitrogens is 2. The highest BCUT2D eigenvalue weighted by Gasteiger charge is 2.28. The summed E-state index contributed by atoms with van der Waals surface area (Å²) < 4.78 is 24.0. The minimum absolute atomic E-state index is 0.350. The molecule has 14 heteroatoms. The Bertz CT molecular complexity index is 1630. The van der Waals surface area contributed by atoms with E-state index in [1.807, 2.05) is 51.1 Å². The first kappa shape index (κ1) is 36.7. The lowest BCUT2D eigenvalue weighted by molar-refractivity contribution is 0.0507. The lowest BCUT2D eigenvalue weighted by Crippen LogP contribution is -2.54. The quantitative estimate of drug-likeness (QED) is 0.203. The van der Waals surface area contributed by atoms with E-state index < -0.39 is 12.7 Å². The first-order valence-electron chi connectivity index (χ1n) is 16.9. The molecule has 2 aromatic carbocycles. The number of para-hydroxylation sites is 1. The van der Waals surface area contributed by atoms with Gasteiger partial charge in [0.05, 0.1) is 24.7 Å². The summed E-state index contributed by atoms with van der Waals surface area (Å²) in [6, 6.07) is 14.2. The van der Waals surface area contributed by atoms with Crippen LogP contribution in [0, 0.1) is 0 Å². The number of benzene rings is 2. The Morgan fingerprint density at radius 1 is 1.00 bits per heavy atom. The van der Waals surface area contributed by atoms with Gasteiger partial charge in [-0.1, -0.05) is 23.7 Å². The molecule has 0 atom stereocenters. The summed E-state index contributed by atoms with van der Waals surface area (Å²) >= 11 is 6.45. The number of carbonyl (C=O) groups excluding carboxylic acids is 1. The third-order valence-corrected chi connectivity index (χ3v) is 10.6. The fourth-order valence-electron chi connectivity index (χ4n) is 6.26. The van der Waals surface area contributed by atoms with E-state index in [0.29, 0.717) is 40.8 Å². The van der Waals surface area contributed by atoms with E-state index in [2.05, 4.69) is 52.8 Å². The molecule has 1 aromatic heterocycles. The van der Waals surface area contributed by atoms with Crippen molar-refractivity contribution >= 4 is 59.0 Å². The summed E-state index contributed by atoms with van der Waals surface area (Å²) in [5, 5.41) is 10.5. The maximum absolute atomic E-state index is 12.9. The maximum Gasteiger partial charge on any atom is 0.407 e. The van der Waals surface area contributed by atoms with Crippen molar-refractivity contribution in [2.45, 2.75) is 45.3 Å². The third-order valence-electron chi connectivity index (χ3n) is 8.76. The Kier molecular flexibility index (Phi) is 12.0. The predicted octanol–water partition coefficient (Wildman–Crippen LogP) is 5.98. The van der Waals surface area contributed by atoms with Crippen molar-refractivity contribution in [2.75, 3.05) is 88.3 Å². The van der Waals surface area contributed by atoms with Crippen LogP contribution in [0.5, 0.6) is 5.75 Å². The third kappa shape index (κ3) is 10.2. The van der Waals surface area contributed by atoms with Crippen LogP contribution in [0.2, 0.25) is 5.02 Å². The number of nitrogens with zero attached hydrogens (tertiary/aromatic N) is 5. The normalized spacial score (nSPS) is 16.7. The number of anilines is 5. The van der Waals surface area contributed by atoms with Crippen molar-refractivity contribution in [3.8, 4) is 5.75 Å². The van der Waals surface area contributed by atoms with E-state index in [4.69, 9.17) is 21.1 Å². The molecule has 0 saturated carbocycles. The van der Waals surface area contributed by atoms with Gasteiger partial charge in [0.15, 0.2) is 5.82 Å². The summed E-state index contributed by atoms with van der Waals surface area (Å²) in [7, 11) is -0.872. The molecule has 49 heavy (non-hydrogen) atoms. The fourth-order valence-corrected chi connectivity index (χ4v) is 7.56. The van der Waals surface area contributed by atoms with E-state index in [-0.39, 0.29) is 6.09 Å². The molecule has 0 bridgehead atoms. The molecule has 0 unspecified atom stereocenters. The molecule has 266 valence electrons. The van der Waals surface area contributed by atoms with Crippen LogP contribution in [-0.2, 0) is 9.30 Å². The Morgan fingerprint density at radius 2 is 1.71 bits per heavy atom. The minimum Gasteiger partial charge on any atom is -0.494 e. The summed E-state index contributed by atoms with van der Waals surface area (Å²) in [6.45, 7) is 16.5. The number of carbonyl (C=O) groups is 1. The van der Waals surface area contributed by atoms with E-state index in [0.717, 1.165) is 75.3 Å². The Labute approximate surface area is 295 Å². The zero-order chi connectivity index (χ0) is 35.2. The summed E-state index contributed by atoms with van der Waals surface area (Å²) in [6.07, 6.45) is 3.38. The molecule has 3 N–H and O–H groups in total. The van der Waals surface area contributed by atoms with Crippen LogP contribution in [0.3, 0.4) is 0 Å². The van der Waals surface area contributed by atoms with Crippen molar-refractivity contribution < 1.29 is 18.8 Å². The van der Waals surface area contributed by atoms with Crippen molar-refractivity contribution in [1.82, 2.24) is 25.1 Å². The lowest BCUT2D eigenvalue weighted by atomic mass is 10.0. The van der Waals surface area contributed by atoms with Crippen molar-refractivity contribution in [2.24, 2.45) is 0 Å². The van der Waals surface area contributed by atoms with Gasteiger partial charge in [0.25, 0.3) is 0 Å². The molecule has 1 amide bonds. The second-order valence-corrected chi connectivity index (χ2v) is 17.5. The topological polar surface area (TPSA) is 124 Å². The molecule has 0 spiro atoms. The van der Waals surface area contributed by atoms with Gasteiger partial charge in [-0.2, -0.15) is 4.98 Å². The largest absolute Gasteiger partial charge is 0.494 e. The molecule has 12 nitrogen and oxygen atoms in total. The second kappa shape index (κ2) is 16.0. The number of hydrogen-bond acceptors (Lipinski definition) is 11. The predicted molar refractivity (Wildman–Crippen MR) is 200 cm³/mol. The summed E-state index contributed by atoms with van der Waals surface area (Å²) in [5.74, 6) is 1.45. The lowest BCUT2D eigenvalue weighted by Gasteiger charge is -2.43. The van der Waals surface area contributed by atoms with Crippen LogP contribution in [0.15, 0.2) is 48.7 Å². The van der Waals surface area contributed by atoms with Crippen LogP contribution in [0.4, 0.5) is 33.6 Å². The highest BCUT2D eigenvalue weighted by Crippen LogP contribution is 2.39. The standard InChI is InChI=1S/C35H50ClN8O4P/c1-35(2,3)48-34(45)37-15-18-42-19-21-44(22-20-42)25-13-16-43(17-14-25)26-11-12-28(30(23-26)47-4)40-33-38-24-27(36)32(41-33)39-29-9-7-8-10-31(29)49(5,6)46/h7-12,23-25H,13-22H2,1-6H3,(H,37,45)(H2,38,39,40,41). The molecule has 3 heterocycles. The monoisotopic (exact) mass is 712 g/mol. The zero-order valence-electron chi connectivity index (χ0n) is 29.5. The molecule has 2 saturated heterocycles. The minimum atomic E-state index is -2.53. The highest BCUT2D eigenvalue weighted by atomic mass is 35.5. The van der Waals surface area contributed by atoms with Gasteiger partial charge < -0.3 is 34.9 Å². The molecule has 2 aliphatic heterocycles. The number of methoxy groups -OCH3 is 1. The number of nitrogens with one attached hydrogen (secondary N) is 3. The van der Waals surface area contributed by atoms with E-state index in [1.165, 1.54) is 6.20 Å². The number of halogens is 1. The van der Waals surface area contributed by atoms with Gasteiger partial charge in [-0.05, 0) is 71.2 Å². The molecular formula is C35H50ClN8O4P. The van der Waals surface area contributed by atoms with Crippen LogP contribution < -0.4 is 30.9 Å². The Morgan fingerprint density at radius 3 is 2.39 bits per heavy atom.